The van der Waals surface area contributed by atoms with Gasteiger partial charge in [-0.3, -0.25) is 0 Å². The molecule has 0 aliphatic heterocycles. The normalized spacial score (nSPS) is 12.5. The maximum Gasteiger partial charge on any atom is 0.236 e. The van der Waals surface area contributed by atoms with Crippen molar-refractivity contribution in [3.8, 4) is 11.5 Å². The fourth-order valence-electron chi connectivity index (χ4n) is 1.92. The van der Waals surface area contributed by atoms with Crippen molar-refractivity contribution in [2.45, 2.75) is 13.0 Å². The summed E-state index contributed by atoms with van der Waals surface area (Å²) in [6.07, 6.45) is -0.432. The number of hydrogen-bond donors (Lipinski definition) is 1. The number of aromatic hydroxyl groups is 1. The summed E-state index contributed by atoms with van der Waals surface area (Å²) in [6, 6.07) is 9.73. The number of phenolic OH excluding ortho intramolecular Hbond substituents is 1. The average Bonchev–Trinajstić information content (AvgIpc) is 2.85. The summed E-state index contributed by atoms with van der Waals surface area (Å²) >= 11 is 11.9. The van der Waals surface area contributed by atoms with Crippen LogP contribution in [0.5, 0.6) is 11.5 Å². The Morgan fingerprint density at radius 1 is 1.19 bits per heavy atom. The van der Waals surface area contributed by atoms with Gasteiger partial charge in [-0.2, -0.15) is 0 Å². The van der Waals surface area contributed by atoms with E-state index in [-0.39, 0.29) is 5.75 Å². The number of fused-ring (bicyclic) bond motifs is 1. The fourth-order valence-corrected chi connectivity index (χ4v) is 2.37. The van der Waals surface area contributed by atoms with E-state index in [1.807, 2.05) is 0 Å². The number of oxazole rings is 1. The molecule has 1 heterocycles. The van der Waals surface area contributed by atoms with E-state index in [4.69, 9.17) is 32.4 Å². The molecule has 6 heteroatoms. The molecule has 0 saturated heterocycles. The van der Waals surface area contributed by atoms with Crippen LogP contribution in [-0.4, -0.2) is 10.1 Å². The summed E-state index contributed by atoms with van der Waals surface area (Å²) in [4.78, 5) is 4.33. The molecule has 1 unspecified atom stereocenters. The Hall–Kier alpha value is -1.91. The van der Waals surface area contributed by atoms with E-state index in [2.05, 4.69) is 4.98 Å². The van der Waals surface area contributed by atoms with Crippen LogP contribution < -0.4 is 4.74 Å². The monoisotopic (exact) mass is 323 g/mol. The predicted molar refractivity (Wildman–Crippen MR) is 81.2 cm³/mol. The molecule has 0 radical (unpaired) electrons. The molecule has 1 N–H and O–H groups in total. The van der Waals surface area contributed by atoms with Gasteiger partial charge in [0.1, 0.15) is 17.0 Å². The van der Waals surface area contributed by atoms with Crippen LogP contribution in [0.15, 0.2) is 40.8 Å². The van der Waals surface area contributed by atoms with Crippen LogP contribution in [0.25, 0.3) is 11.1 Å². The third-order valence-electron chi connectivity index (χ3n) is 2.93. The van der Waals surface area contributed by atoms with Crippen LogP contribution in [-0.2, 0) is 0 Å². The van der Waals surface area contributed by atoms with E-state index in [1.165, 1.54) is 6.07 Å². The minimum absolute atomic E-state index is 0.125. The Kier molecular flexibility index (Phi) is 3.66. The van der Waals surface area contributed by atoms with Gasteiger partial charge in [0, 0.05) is 11.1 Å². The first kappa shape index (κ1) is 14.0. The van der Waals surface area contributed by atoms with Crippen molar-refractivity contribution in [2.24, 2.45) is 0 Å². The van der Waals surface area contributed by atoms with Crippen LogP contribution in [0, 0.1) is 0 Å². The molecule has 0 amide bonds. The van der Waals surface area contributed by atoms with E-state index in [1.54, 1.807) is 37.3 Å². The Morgan fingerprint density at radius 2 is 2.00 bits per heavy atom. The molecule has 0 aliphatic carbocycles. The number of hydrogen-bond acceptors (Lipinski definition) is 4. The zero-order chi connectivity index (χ0) is 15.0. The highest BCUT2D eigenvalue weighted by Gasteiger charge is 2.17. The average molecular weight is 324 g/mol. The van der Waals surface area contributed by atoms with E-state index in [0.29, 0.717) is 32.8 Å². The summed E-state index contributed by atoms with van der Waals surface area (Å²) in [7, 11) is 0. The van der Waals surface area contributed by atoms with E-state index < -0.39 is 6.10 Å². The number of phenols is 1. The molecule has 1 aromatic heterocycles. The smallest absolute Gasteiger partial charge is 0.236 e. The van der Waals surface area contributed by atoms with Gasteiger partial charge in [-0.15, -0.1) is 0 Å². The molecule has 4 nitrogen and oxygen atoms in total. The van der Waals surface area contributed by atoms with Gasteiger partial charge in [0.25, 0.3) is 0 Å². The van der Waals surface area contributed by atoms with Crippen LogP contribution >= 0.6 is 23.2 Å². The molecule has 3 rings (SSSR count). The van der Waals surface area contributed by atoms with Crippen molar-refractivity contribution in [3.63, 3.8) is 0 Å². The molecule has 0 bridgehead atoms. The fraction of sp³-hybridized carbons (Fsp3) is 0.133. The molecule has 0 spiro atoms. The lowest BCUT2D eigenvalue weighted by molar-refractivity contribution is 0.192. The minimum Gasteiger partial charge on any atom is -0.508 e. The van der Waals surface area contributed by atoms with Crippen LogP contribution in [0.3, 0.4) is 0 Å². The molecule has 3 aromatic rings. The summed E-state index contributed by atoms with van der Waals surface area (Å²) in [5.74, 6) is 1.03. The van der Waals surface area contributed by atoms with Gasteiger partial charge in [-0.05, 0) is 37.3 Å². The zero-order valence-corrected chi connectivity index (χ0v) is 12.5. The highest BCUT2D eigenvalue weighted by atomic mass is 35.5. The van der Waals surface area contributed by atoms with Crippen molar-refractivity contribution < 1.29 is 14.3 Å². The van der Waals surface area contributed by atoms with Gasteiger partial charge in [-0.25, -0.2) is 4.98 Å². The molecule has 0 fully saturated rings. The Morgan fingerprint density at radius 3 is 2.76 bits per heavy atom. The standard InChI is InChI=1S/C15H11Cl2NO3/c1-8(20-13-5-2-9(16)6-11(13)17)15-18-12-4-3-10(19)7-14(12)21-15/h2-8,19H,1H3. The van der Waals surface area contributed by atoms with Crippen molar-refractivity contribution in [3.05, 3.63) is 52.3 Å². The first-order valence-electron chi connectivity index (χ1n) is 6.24. The number of aromatic nitrogens is 1. The first-order valence-corrected chi connectivity index (χ1v) is 6.99. The maximum atomic E-state index is 9.43. The predicted octanol–water partition coefficient (Wildman–Crippen LogP) is 4.98. The number of ether oxygens (including phenoxy) is 1. The topological polar surface area (TPSA) is 55.5 Å². The van der Waals surface area contributed by atoms with Gasteiger partial charge < -0.3 is 14.3 Å². The van der Waals surface area contributed by atoms with Crippen LogP contribution in [0.2, 0.25) is 10.0 Å². The lowest BCUT2D eigenvalue weighted by atomic mass is 10.3. The van der Waals surface area contributed by atoms with Crippen molar-refractivity contribution in [1.82, 2.24) is 4.98 Å². The summed E-state index contributed by atoms with van der Waals surface area (Å²) in [6.45, 7) is 1.80. The van der Waals surface area contributed by atoms with E-state index >= 15 is 0 Å². The second-order valence-electron chi connectivity index (χ2n) is 4.54. The van der Waals surface area contributed by atoms with Gasteiger partial charge in [0.2, 0.25) is 5.89 Å². The molecule has 108 valence electrons. The quantitative estimate of drug-likeness (QED) is 0.738. The first-order chi connectivity index (χ1) is 10.0. The van der Waals surface area contributed by atoms with Crippen molar-refractivity contribution in [1.29, 1.82) is 0 Å². The second-order valence-corrected chi connectivity index (χ2v) is 5.38. The number of benzene rings is 2. The highest BCUT2D eigenvalue weighted by molar-refractivity contribution is 6.35. The number of rotatable bonds is 3. The summed E-state index contributed by atoms with van der Waals surface area (Å²) in [5.41, 5.74) is 1.16. The highest BCUT2D eigenvalue weighted by Crippen LogP contribution is 2.32. The van der Waals surface area contributed by atoms with E-state index in [0.717, 1.165) is 0 Å². The van der Waals surface area contributed by atoms with Crippen molar-refractivity contribution >= 4 is 34.3 Å². The summed E-state index contributed by atoms with van der Waals surface area (Å²) < 4.78 is 11.3. The van der Waals surface area contributed by atoms with Gasteiger partial charge in [0.15, 0.2) is 11.7 Å². The van der Waals surface area contributed by atoms with E-state index in [9.17, 15) is 5.11 Å². The lowest BCUT2D eigenvalue weighted by Crippen LogP contribution is -2.03. The molecular formula is C15H11Cl2NO3. The lowest BCUT2D eigenvalue weighted by Gasteiger charge is -2.12. The largest absolute Gasteiger partial charge is 0.508 e. The van der Waals surface area contributed by atoms with Crippen molar-refractivity contribution in [2.75, 3.05) is 0 Å². The molecule has 1 atom stereocenters. The molecular weight excluding hydrogens is 313 g/mol. The molecule has 2 aromatic carbocycles. The maximum absolute atomic E-state index is 9.43. The summed E-state index contributed by atoms with van der Waals surface area (Å²) in [5, 5.41) is 10.4. The van der Waals surface area contributed by atoms with Gasteiger partial charge in [0.05, 0.1) is 5.02 Å². The Balaban J connectivity index is 1.87. The van der Waals surface area contributed by atoms with Gasteiger partial charge >= 0.3 is 0 Å². The van der Waals surface area contributed by atoms with Gasteiger partial charge in [-0.1, -0.05) is 23.2 Å². The third kappa shape index (κ3) is 2.91. The number of halogens is 2. The molecule has 0 aliphatic rings. The zero-order valence-electron chi connectivity index (χ0n) is 11.0. The van der Waals surface area contributed by atoms with Crippen LogP contribution in [0.1, 0.15) is 18.9 Å². The third-order valence-corrected chi connectivity index (χ3v) is 3.46. The Bertz CT molecular complexity index is 801. The van der Waals surface area contributed by atoms with Crippen LogP contribution in [0.4, 0.5) is 0 Å². The SMILES string of the molecule is CC(Oc1ccc(Cl)cc1Cl)c1nc2ccc(O)cc2o1. The second kappa shape index (κ2) is 5.47. The molecule has 21 heavy (non-hydrogen) atoms. The molecule has 0 saturated carbocycles. The Labute approximate surface area is 130 Å². The number of nitrogens with zero attached hydrogens (tertiary/aromatic N) is 1. The minimum atomic E-state index is -0.432.